The van der Waals surface area contributed by atoms with E-state index in [2.05, 4.69) is 15.5 Å². The van der Waals surface area contributed by atoms with Crippen molar-refractivity contribution in [3.05, 3.63) is 35.4 Å². The van der Waals surface area contributed by atoms with Gasteiger partial charge in [0.1, 0.15) is 0 Å². The van der Waals surface area contributed by atoms with Gasteiger partial charge in [0.15, 0.2) is 0 Å². The van der Waals surface area contributed by atoms with Crippen LogP contribution in [0.1, 0.15) is 35.2 Å². The van der Waals surface area contributed by atoms with Crippen molar-refractivity contribution in [1.29, 1.82) is 0 Å². The Labute approximate surface area is 131 Å². The molecule has 1 aliphatic rings. The van der Waals surface area contributed by atoms with Crippen LogP contribution in [0, 0.1) is 0 Å². The van der Waals surface area contributed by atoms with Crippen molar-refractivity contribution in [1.82, 2.24) is 15.5 Å². The number of piperidine rings is 1. The van der Waals surface area contributed by atoms with Crippen molar-refractivity contribution in [2.75, 3.05) is 26.2 Å². The summed E-state index contributed by atoms with van der Waals surface area (Å²) in [4.78, 5) is 25.2. The first-order chi connectivity index (χ1) is 10.6. The van der Waals surface area contributed by atoms with E-state index in [1.165, 1.54) is 19.3 Å². The molecule has 3 amide bonds. The van der Waals surface area contributed by atoms with Gasteiger partial charge in [0.25, 0.3) is 0 Å². The van der Waals surface area contributed by atoms with E-state index in [1.807, 2.05) is 6.07 Å². The first-order valence-electron chi connectivity index (χ1n) is 7.78. The number of primary amides is 1. The summed E-state index contributed by atoms with van der Waals surface area (Å²) >= 11 is 0. The lowest BCUT2D eigenvalue weighted by Gasteiger charge is -2.26. The van der Waals surface area contributed by atoms with E-state index >= 15 is 0 Å². The Morgan fingerprint density at radius 3 is 2.64 bits per heavy atom. The highest BCUT2D eigenvalue weighted by atomic mass is 16.2. The van der Waals surface area contributed by atoms with Crippen LogP contribution >= 0.6 is 0 Å². The number of carbonyl (C=O) groups excluding carboxylic acids is 2. The molecule has 1 aromatic carbocycles. The number of amides is 3. The van der Waals surface area contributed by atoms with Crippen LogP contribution < -0.4 is 16.4 Å². The SMILES string of the molecule is NC(=O)c1cccc(CNC(=O)NCCN2CCCCC2)c1. The maximum Gasteiger partial charge on any atom is 0.315 e. The van der Waals surface area contributed by atoms with Gasteiger partial charge in [-0.05, 0) is 43.6 Å². The maximum absolute atomic E-state index is 11.7. The van der Waals surface area contributed by atoms with Gasteiger partial charge in [-0.15, -0.1) is 0 Å². The van der Waals surface area contributed by atoms with Gasteiger partial charge in [-0.1, -0.05) is 18.6 Å². The molecule has 0 aromatic heterocycles. The second-order valence-corrected chi connectivity index (χ2v) is 5.58. The molecule has 22 heavy (non-hydrogen) atoms. The van der Waals surface area contributed by atoms with E-state index < -0.39 is 5.91 Å². The molecule has 6 heteroatoms. The number of carbonyl (C=O) groups is 2. The second-order valence-electron chi connectivity index (χ2n) is 5.58. The summed E-state index contributed by atoms with van der Waals surface area (Å²) < 4.78 is 0. The zero-order valence-corrected chi connectivity index (χ0v) is 12.8. The predicted molar refractivity (Wildman–Crippen MR) is 85.5 cm³/mol. The number of benzene rings is 1. The highest BCUT2D eigenvalue weighted by Crippen LogP contribution is 2.07. The Morgan fingerprint density at radius 2 is 1.91 bits per heavy atom. The molecule has 2 rings (SSSR count). The van der Waals surface area contributed by atoms with Crippen LogP contribution in [-0.4, -0.2) is 43.0 Å². The average molecular weight is 304 g/mol. The Kier molecular flexibility index (Phi) is 6.21. The second kappa shape index (κ2) is 8.38. The number of hydrogen-bond donors (Lipinski definition) is 3. The zero-order chi connectivity index (χ0) is 15.8. The first kappa shape index (κ1) is 16.3. The summed E-state index contributed by atoms with van der Waals surface area (Å²) in [5.41, 5.74) is 6.53. The van der Waals surface area contributed by atoms with Gasteiger partial charge in [-0.25, -0.2) is 4.79 Å². The fourth-order valence-corrected chi connectivity index (χ4v) is 2.59. The first-order valence-corrected chi connectivity index (χ1v) is 7.78. The van der Waals surface area contributed by atoms with Gasteiger partial charge < -0.3 is 21.3 Å². The molecule has 1 heterocycles. The van der Waals surface area contributed by atoms with E-state index in [0.717, 1.165) is 25.2 Å². The number of nitrogens with two attached hydrogens (primary N) is 1. The van der Waals surface area contributed by atoms with Gasteiger partial charge in [0.2, 0.25) is 5.91 Å². The van der Waals surface area contributed by atoms with E-state index in [0.29, 0.717) is 18.7 Å². The molecular formula is C16H24N4O2. The molecule has 0 atom stereocenters. The highest BCUT2D eigenvalue weighted by Gasteiger charge is 2.09. The Balaban J connectivity index is 1.66. The summed E-state index contributed by atoms with van der Waals surface area (Å²) in [5, 5.41) is 5.64. The molecule has 0 radical (unpaired) electrons. The fourth-order valence-electron chi connectivity index (χ4n) is 2.59. The largest absolute Gasteiger partial charge is 0.366 e. The van der Waals surface area contributed by atoms with Crippen LogP contribution in [0.25, 0.3) is 0 Å². The van der Waals surface area contributed by atoms with Crippen LogP contribution in [0.4, 0.5) is 4.79 Å². The molecule has 0 aliphatic carbocycles. The topological polar surface area (TPSA) is 87.5 Å². The third-order valence-corrected chi connectivity index (χ3v) is 3.83. The van der Waals surface area contributed by atoms with Crippen LogP contribution in [-0.2, 0) is 6.54 Å². The average Bonchev–Trinajstić information content (AvgIpc) is 2.54. The van der Waals surface area contributed by atoms with Crippen molar-refractivity contribution in [3.63, 3.8) is 0 Å². The van der Waals surface area contributed by atoms with Crippen LogP contribution in [0.3, 0.4) is 0 Å². The minimum atomic E-state index is -0.465. The third kappa shape index (κ3) is 5.37. The third-order valence-electron chi connectivity index (χ3n) is 3.83. The summed E-state index contributed by atoms with van der Waals surface area (Å²) in [6, 6.07) is 6.76. The Bertz CT molecular complexity index is 513. The van der Waals surface area contributed by atoms with Crippen molar-refractivity contribution in [2.24, 2.45) is 5.73 Å². The molecule has 0 saturated carbocycles. The van der Waals surface area contributed by atoms with Crippen molar-refractivity contribution < 1.29 is 9.59 Å². The van der Waals surface area contributed by atoms with Gasteiger partial charge in [-0.3, -0.25) is 4.79 Å². The molecule has 1 aliphatic heterocycles. The minimum absolute atomic E-state index is 0.193. The minimum Gasteiger partial charge on any atom is -0.366 e. The molecule has 120 valence electrons. The van der Waals surface area contributed by atoms with Crippen molar-refractivity contribution >= 4 is 11.9 Å². The van der Waals surface area contributed by atoms with Crippen molar-refractivity contribution in [3.8, 4) is 0 Å². The number of likely N-dealkylation sites (tertiary alicyclic amines) is 1. The lowest BCUT2D eigenvalue weighted by Crippen LogP contribution is -2.41. The summed E-state index contributed by atoms with van der Waals surface area (Å²) in [6.07, 6.45) is 3.82. The normalized spacial score (nSPS) is 15.3. The highest BCUT2D eigenvalue weighted by molar-refractivity contribution is 5.92. The van der Waals surface area contributed by atoms with Gasteiger partial charge in [-0.2, -0.15) is 0 Å². The van der Waals surface area contributed by atoms with Crippen LogP contribution in [0.15, 0.2) is 24.3 Å². The molecule has 0 unspecified atom stereocenters. The molecule has 0 bridgehead atoms. The monoisotopic (exact) mass is 304 g/mol. The molecule has 1 saturated heterocycles. The van der Waals surface area contributed by atoms with E-state index in [1.54, 1.807) is 18.2 Å². The lowest BCUT2D eigenvalue weighted by molar-refractivity contribution is 0.1000. The molecule has 0 spiro atoms. The molecular weight excluding hydrogens is 280 g/mol. The molecule has 4 N–H and O–H groups in total. The molecule has 6 nitrogen and oxygen atoms in total. The van der Waals surface area contributed by atoms with Gasteiger partial charge >= 0.3 is 6.03 Å². The van der Waals surface area contributed by atoms with Gasteiger partial charge in [0.05, 0.1) is 0 Å². The Hall–Kier alpha value is -2.08. The van der Waals surface area contributed by atoms with Crippen molar-refractivity contribution in [2.45, 2.75) is 25.8 Å². The van der Waals surface area contributed by atoms with Gasteiger partial charge in [0, 0.05) is 25.2 Å². The Morgan fingerprint density at radius 1 is 1.14 bits per heavy atom. The van der Waals surface area contributed by atoms with E-state index in [4.69, 9.17) is 5.73 Å². The zero-order valence-electron chi connectivity index (χ0n) is 12.8. The van der Waals surface area contributed by atoms with E-state index in [9.17, 15) is 9.59 Å². The quantitative estimate of drug-likeness (QED) is 0.734. The maximum atomic E-state index is 11.7. The number of hydrogen-bond acceptors (Lipinski definition) is 3. The standard InChI is InChI=1S/C16H24N4O2/c17-15(21)14-6-4-5-13(11-14)12-19-16(22)18-7-10-20-8-2-1-3-9-20/h4-6,11H,1-3,7-10,12H2,(H2,17,21)(H2,18,19,22). The molecule has 1 fully saturated rings. The number of urea groups is 1. The number of rotatable bonds is 6. The number of nitrogens with one attached hydrogen (secondary N) is 2. The van der Waals surface area contributed by atoms with Crippen LogP contribution in [0.5, 0.6) is 0 Å². The smallest absolute Gasteiger partial charge is 0.315 e. The predicted octanol–water partition coefficient (Wildman–Crippen LogP) is 1.07. The summed E-state index contributed by atoms with van der Waals surface area (Å²) in [6.45, 7) is 4.17. The number of nitrogens with zero attached hydrogens (tertiary/aromatic N) is 1. The summed E-state index contributed by atoms with van der Waals surface area (Å²) in [7, 11) is 0. The summed E-state index contributed by atoms with van der Waals surface area (Å²) in [5.74, 6) is -0.465. The van der Waals surface area contributed by atoms with E-state index in [-0.39, 0.29) is 6.03 Å². The molecule has 1 aromatic rings. The fraction of sp³-hybridized carbons (Fsp3) is 0.500. The van der Waals surface area contributed by atoms with Crippen LogP contribution in [0.2, 0.25) is 0 Å². The lowest BCUT2D eigenvalue weighted by atomic mass is 10.1.